The van der Waals surface area contributed by atoms with E-state index in [1.54, 1.807) is 12.1 Å². The van der Waals surface area contributed by atoms with E-state index in [-0.39, 0.29) is 11.9 Å². The summed E-state index contributed by atoms with van der Waals surface area (Å²) >= 11 is 0. The van der Waals surface area contributed by atoms with Crippen molar-refractivity contribution in [2.75, 3.05) is 20.2 Å². The zero-order valence-electron chi connectivity index (χ0n) is 12.3. The van der Waals surface area contributed by atoms with Gasteiger partial charge in [0.25, 0.3) is 0 Å². The van der Waals surface area contributed by atoms with Gasteiger partial charge in [-0.1, -0.05) is 26.0 Å². The Morgan fingerprint density at radius 3 is 2.35 bits per heavy atom. The molecule has 1 unspecified atom stereocenters. The van der Waals surface area contributed by atoms with E-state index in [4.69, 9.17) is 10.5 Å². The number of methoxy groups -OCH3 is 1. The Morgan fingerprint density at radius 2 is 1.90 bits per heavy atom. The third-order valence-electron chi connectivity index (χ3n) is 3.23. The predicted octanol–water partition coefficient (Wildman–Crippen LogP) is 1.42. The number of amides is 1. The number of nitrogens with two attached hydrogens (primary N) is 1. The van der Waals surface area contributed by atoms with E-state index in [1.165, 1.54) is 7.11 Å². The molecular formula is C15H22N2O3. The van der Waals surface area contributed by atoms with Gasteiger partial charge in [-0.3, -0.25) is 14.5 Å². The average molecular weight is 278 g/mol. The van der Waals surface area contributed by atoms with Crippen LogP contribution in [0.15, 0.2) is 24.3 Å². The maximum Gasteiger partial charge on any atom is 0.309 e. The topological polar surface area (TPSA) is 72.6 Å². The summed E-state index contributed by atoms with van der Waals surface area (Å²) in [5.74, 6) is -0.791. The molecule has 1 rings (SSSR count). The predicted molar refractivity (Wildman–Crippen MR) is 77.1 cm³/mol. The van der Waals surface area contributed by atoms with Crippen molar-refractivity contribution in [2.24, 2.45) is 11.7 Å². The fraction of sp³-hybridized carbons (Fsp3) is 0.467. The first kappa shape index (κ1) is 16.2. The van der Waals surface area contributed by atoms with E-state index >= 15 is 0 Å². The van der Waals surface area contributed by atoms with Crippen LogP contribution in [0.4, 0.5) is 0 Å². The minimum Gasteiger partial charge on any atom is -0.469 e. The van der Waals surface area contributed by atoms with Crippen molar-refractivity contribution in [2.45, 2.75) is 20.4 Å². The highest BCUT2D eigenvalue weighted by Crippen LogP contribution is 2.10. The first-order chi connectivity index (χ1) is 9.47. The van der Waals surface area contributed by atoms with Gasteiger partial charge in [-0.15, -0.1) is 0 Å². The van der Waals surface area contributed by atoms with Gasteiger partial charge >= 0.3 is 5.97 Å². The molecule has 0 spiro atoms. The van der Waals surface area contributed by atoms with Gasteiger partial charge in [0.2, 0.25) is 5.91 Å². The molecule has 0 aliphatic rings. The van der Waals surface area contributed by atoms with Crippen molar-refractivity contribution in [1.29, 1.82) is 0 Å². The van der Waals surface area contributed by atoms with Crippen molar-refractivity contribution >= 4 is 11.9 Å². The number of carbonyl (C=O) groups excluding carboxylic acids is 2. The smallest absolute Gasteiger partial charge is 0.309 e. The standard InChI is InChI=1S/C15H22N2O3/c1-4-17(9-11(2)15(19)20-3)10-12-5-7-13(8-6-12)14(16)18/h5-8,11H,4,9-10H2,1-3H3,(H2,16,18). The molecule has 1 aromatic rings. The number of benzene rings is 1. The molecule has 5 nitrogen and oxygen atoms in total. The molecule has 0 aromatic heterocycles. The van der Waals surface area contributed by atoms with Crippen molar-refractivity contribution in [1.82, 2.24) is 4.90 Å². The number of carbonyl (C=O) groups is 2. The number of hydrogen-bond donors (Lipinski definition) is 1. The number of esters is 1. The summed E-state index contributed by atoms with van der Waals surface area (Å²) in [6.07, 6.45) is 0. The average Bonchev–Trinajstić information content (AvgIpc) is 2.45. The molecule has 1 amide bonds. The number of hydrogen-bond acceptors (Lipinski definition) is 4. The van der Waals surface area contributed by atoms with Crippen molar-refractivity contribution in [3.8, 4) is 0 Å². The molecule has 1 aromatic carbocycles. The Bertz CT molecular complexity index is 457. The minimum atomic E-state index is -0.428. The molecule has 1 atom stereocenters. The lowest BCUT2D eigenvalue weighted by atomic mass is 10.1. The van der Waals surface area contributed by atoms with Crippen LogP contribution in [0.1, 0.15) is 29.8 Å². The maximum absolute atomic E-state index is 11.4. The molecule has 0 aliphatic heterocycles. The van der Waals surface area contributed by atoms with Gasteiger partial charge in [-0.05, 0) is 24.2 Å². The Kier molecular flexibility index (Phi) is 6.18. The van der Waals surface area contributed by atoms with Gasteiger partial charge in [-0.2, -0.15) is 0 Å². The molecule has 0 bridgehead atoms. The molecule has 5 heteroatoms. The van der Waals surface area contributed by atoms with E-state index in [0.717, 1.165) is 18.7 Å². The van der Waals surface area contributed by atoms with E-state index < -0.39 is 5.91 Å². The summed E-state index contributed by atoms with van der Waals surface area (Å²) < 4.78 is 4.73. The molecule has 0 radical (unpaired) electrons. The van der Waals surface area contributed by atoms with Crippen LogP contribution in [0, 0.1) is 5.92 Å². The second kappa shape index (κ2) is 7.65. The van der Waals surface area contributed by atoms with Gasteiger partial charge < -0.3 is 10.5 Å². The Hall–Kier alpha value is -1.88. The summed E-state index contributed by atoms with van der Waals surface area (Å²) in [5, 5.41) is 0. The zero-order valence-corrected chi connectivity index (χ0v) is 12.3. The second-order valence-electron chi connectivity index (χ2n) is 4.81. The van der Waals surface area contributed by atoms with Gasteiger partial charge in [-0.25, -0.2) is 0 Å². The van der Waals surface area contributed by atoms with Gasteiger partial charge in [0.05, 0.1) is 13.0 Å². The first-order valence-corrected chi connectivity index (χ1v) is 6.66. The zero-order chi connectivity index (χ0) is 15.1. The highest BCUT2D eigenvalue weighted by molar-refractivity contribution is 5.92. The van der Waals surface area contributed by atoms with Crippen molar-refractivity contribution < 1.29 is 14.3 Å². The fourth-order valence-electron chi connectivity index (χ4n) is 2.00. The largest absolute Gasteiger partial charge is 0.469 e. The molecule has 110 valence electrons. The maximum atomic E-state index is 11.4. The summed E-state index contributed by atoms with van der Waals surface area (Å²) in [6.45, 7) is 6.09. The van der Waals surface area contributed by atoms with Gasteiger partial charge in [0, 0.05) is 18.7 Å². The third kappa shape index (κ3) is 4.66. The molecule has 0 fully saturated rings. The van der Waals surface area contributed by atoms with Crippen LogP contribution in [0.3, 0.4) is 0 Å². The van der Waals surface area contributed by atoms with Crippen molar-refractivity contribution in [3.05, 3.63) is 35.4 Å². The van der Waals surface area contributed by atoms with Crippen molar-refractivity contribution in [3.63, 3.8) is 0 Å². The van der Waals surface area contributed by atoms with E-state index in [2.05, 4.69) is 4.90 Å². The lowest BCUT2D eigenvalue weighted by molar-refractivity contribution is -0.145. The Balaban J connectivity index is 2.64. The molecule has 2 N–H and O–H groups in total. The number of primary amides is 1. The molecule has 0 aliphatic carbocycles. The summed E-state index contributed by atoms with van der Waals surface area (Å²) in [7, 11) is 1.40. The van der Waals surface area contributed by atoms with Crippen LogP contribution in [0.5, 0.6) is 0 Å². The highest BCUT2D eigenvalue weighted by atomic mass is 16.5. The fourth-order valence-corrected chi connectivity index (χ4v) is 2.00. The summed E-state index contributed by atoms with van der Waals surface area (Å²) in [5.41, 5.74) is 6.78. The molecule has 20 heavy (non-hydrogen) atoms. The van der Waals surface area contributed by atoms with Crippen LogP contribution in [-0.2, 0) is 16.1 Å². The minimum absolute atomic E-state index is 0.162. The lowest BCUT2D eigenvalue weighted by Crippen LogP contribution is -2.32. The first-order valence-electron chi connectivity index (χ1n) is 6.66. The monoisotopic (exact) mass is 278 g/mol. The summed E-state index contributed by atoms with van der Waals surface area (Å²) in [6, 6.07) is 7.20. The van der Waals surface area contributed by atoms with Crippen LogP contribution < -0.4 is 5.73 Å². The van der Waals surface area contributed by atoms with E-state index in [1.807, 2.05) is 26.0 Å². The number of ether oxygens (including phenoxy) is 1. The molecule has 0 heterocycles. The summed E-state index contributed by atoms with van der Waals surface area (Å²) in [4.78, 5) is 24.6. The quantitative estimate of drug-likeness (QED) is 0.766. The third-order valence-corrected chi connectivity index (χ3v) is 3.23. The van der Waals surface area contributed by atoms with Crippen LogP contribution in [0.25, 0.3) is 0 Å². The lowest BCUT2D eigenvalue weighted by Gasteiger charge is -2.23. The van der Waals surface area contributed by atoms with E-state index in [9.17, 15) is 9.59 Å². The van der Waals surface area contributed by atoms with Gasteiger partial charge in [0.1, 0.15) is 0 Å². The van der Waals surface area contributed by atoms with Crippen LogP contribution in [0.2, 0.25) is 0 Å². The molecule has 0 saturated heterocycles. The Morgan fingerprint density at radius 1 is 1.30 bits per heavy atom. The number of rotatable bonds is 7. The SMILES string of the molecule is CCN(Cc1ccc(C(N)=O)cc1)CC(C)C(=O)OC. The van der Waals surface area contributed by atoms with Crippen LogP contribution in [-0.4, -0.2) is 37.0 Å². The Labute approximate surface area is 119 Å². The highest BCUT2D eigenvalue weighted by Gasteiger charge is 2.16. The normalized spacial score (nSPS) is 12.2. The number of nitrogens with zero attached hydrogens (tertiary/aromatic N) is 1. The van der Waals surface area contributed by atoms with E-state index in [0.29, 0.717) is 12.1 Å². The molecular weight excluding hydrogens is 256 g/mol. The van der Waals surface area contributed by atoms with Gasteiger partial charge in [0.15, 0.2) is 0 Å². The van der Waals surface area contributed by atoms with Crippen LogP contribution >= 0.6 is 0 Å². The molecule has 0 saturated carbocycles. The second-order valence-corrected chi connectivity index (χ2v) is 4.81.